The fourth-order valence-corrected chi connectivity index (χ4v) is 5.44. The van der Waals surface area contributed by atoms with E-state index < -0.39 is 5.91 Å². The number of fused-ring (bicyclic) bond motifs is 1. The van der Waals surface area contributed by atoms with E-state index in [-0.39, 0.29) is 41.6 Å². The molecule has 2 N–H and O–H groups in total. The first-order chi connectivity index (χ1) is 19.3. The zero-order valence-electron chi connectivity index (χ0n) is 22.8. The summed E-state index contributed by atoms with van der Waals surface area (Å²) < 4.78 is 5.89. The Kier molecular flexibility index (Phi) is 8.40. The van der Waals surface area contributed by atoms with Gasteiger partial charge in [-0.25, -0.2) is 0 Å². The molecule has 208 valence electrons. The molecule has 3 amide bonds. The van der Waals surface area contributed by atoms with Gasteiger partial charge in [-0.05, 0) is 72.4 Å². The van der Waals surface area contributed by atoms with Gasteiger partial charge in [-0.2, -0.15) is 0 Å². The van der Waals surface area contributed by atoms with Gasteiger partial charge in [0.2, 0.25) is 5.91 Å². The van der Waals surface area contributed by atoms with Gasteiger partial charge < -0.3 is 15.4 Å². The molecule has 0 aromatic heterocycles. The number of benzene rings is 3. The first kappa shape index (κ1) is 27.7. The molecule has 0 atom stereocenters. The maximum Gasteiger partial charge on any atom is 0.264 e. The average Bonchev–Trinajstić information content (AvgIpc) is 2.97. The quantitative estimate of drug-likeness (QED) is 0.329. The number of hydrogen-bond acceptors (Lipinski definition) is 4. The summed E-state index contributed by atoms with van der Waals surface area (Å²) in [5.74, 6) is 0.249. The van der Waals surface area contributed by atoms with Crippen molar-refractivity contribution >= 4 is 40.7 Å². The second-order valence-corrected chi connectivity index (χ2v) is 11.2. The predicted molar refractivity (Wildman–Crippen MR) is 157 cm³/mol. The van der Waals surface area contributed by atoms with Crippen molar-refractivity contribution in [3.63, 3.8) is 0 Å². The van der Waals surface area contributed by atoms with Crippen LogP contribution in [0.4, 0.5) is 11.4 Å². The molecule has 1 aliphatic carbocycles. The molecule has 3 aromatic rings. The van der Waals surface area contributed by atoms with Crippen LogP contribution in [0.1, 0.15) is 83.7 Å². The van der Waals surface area contributed by atoms with Crippen LogP contribution in [0.2, 0.25) is 5.02 Å². The van der Waals surface area contributed by atoms with E-state index in [4.69, 9.17) is 16.3 Å². The lowest BCUT2D eigenvalue weighted by Gasteiger charge is -2.29. The van der Waals surface area contributed by atoms with E-state index in [1.54, 1.807) is 41.3 Å². The van der Waals surface area contributed by atoms with E-state index in [1.807, 2.05) is 26.0 Å². The number of nitrogens with zero attached hydrogens (tertiary/aromatic N) is 1. The van der Waals surface area contributed by atoms with Crippen molar-refractivity contribution in [3.05, 3.63) is 87.9 Å². The summed E-state index contributed by atoms with van der Waals surface area (Å²) in [5.41, 5.74) is 3.95. The molecule has 3 aromatic carbocycles. The molecule has 1 aliphatic heterocycles. The molecule has 1 saturated carbocycles. The third kappa shape index (κ3) is 6.15. The molecule has 0 unspecified atom stereocenters. The van der Waals surface area contributed by atoms with Gasteiger partial charge in [-0.15, -0.1) is 0 Å². The van der Waals surface area contributed by atoms with Crippen LogP contribution in [-0.4, -0.2) is 24.5 Å². The Labute approximate surface area is 239 Å². The highest BCUT2D eigenvalue weighted by molar-refractivity contribution is 6.34. The number of hydrogen-bond donors (Lipinski definition) is 2. The average molecular weight is 560 g/mol. The van der Waals surface area contributed by atoms with Crippen LogP contribution in [0.3, 0.4) is 0 Å². The van der Waals surface area contributed by atoms with Gasteiger partial charge in [0.05, 0.1) is 16.1 Å². The van der Waals surface area contributed by atoms with Crippen LogP contribution in [0.5, 0.6) is 5.75 Å². The van der Waals surface area contributed by atoms with Gasteiger partial charge in [-0.1, -0.05) is 62.9 Å². The topological polar surface area (TPSA) is 87.7 Å². The Balaban J connectivity index is 1.29. The number of ether oxygens (including phenoxy) is 1. The maximum atomic E-state index is 13.5. The Morgan fingerprint density at radius 2 is 1.75 bits per heavy atom. The fraction of sp³-hybridized carbons (Fsp3) is 0.344. The van der Waals surface area contributed by atoms with Gasteiger partial charge in [0.1, 0.15) is 5.75 Å². The van der Waals surface area contributed by atoms with Crippen LogP contribution >= 0.6 is 11.6 Å². The molecule has 1 heterocycles. The van der Waals surface area contributed by atoms with E-state index in [0.29, 0.717) is 22.9 Å². The molecule has 0 spiro atoms. The fourth-order valence-electron chi connectivity index (χ4n) is 5.24. The second kappa shape index (κ2) is 12.1. The van der Waals surface area contributed by atoms with E-state index in [9.17, 15) is 14.4 Å². The number of rotatable bonds is 7. The first-order valence-corrected chi connectivity index (χ1v) is 14.2. The van der Waals surface area contributed by atoms with E-state index >= 15 is 0 Å². The minimum absolute atomic E-state index is 0.0731. The highest BCUT2D eigenvalue weighted by Crippen LogP contribution is 2.35. The van der Waals surface area contributed by atoms with Gasteiger partial charge >= 0.3 is 0 Å². The molecule has 0 bridgehead atoms. The van der Waals surface area contributed by atoms with E-state index in [0.717, 1.165) is 11.3 Å². The molecule has 0 radical (unpaired) electrons. The lowest BCUT2D eigenvalue weighted by Crippen LogP contribution is -2.38. The third-order valence-corrected chi connectivity index (χ3v) is 7.94. The number of amides is 3. The molecule has 7 nitrogen and oxygen atoms in total. The Bertz CT molecular complexity index is 1410. The Morgan fingerprint density at radius 1 is 1.00 bits per heavy atom. The standard InChI is InChI=1S/C32H34ClN3O4/c1-20(2)30(37)34-18-21-8-14-28(33)26(16-21)31(38)35-24-11-15-29-27(17-24)32(39)36(19-40-29)25-12-9-23(10-13-25)22-6-4-3-5-7-22/h8-17,20,22H,3-7,18-19H2,1-2H3,(H,34,37)(H,35,38). The van der Waals surface area contributed by atoms with Crippen LogP contribution in [0.25, 0.3) is 0 Å². The monoisotopic (exact) mass is 559 g/mol. The maximum absolute atomic E-state index is 13.5. The smallest absolute Gasteiger partial charge is 0.264 e. The number of nitrogens with one attached hydrogen (secondary N) is 2. The minimum atomic E-state index is -0.415. The lowest BCUT2D eigenvalue weighted by atomic mass is 9.84. The highest BCUT2D eigenvalue weighted by atomic mass is 35.5. The minimum Gasteiger partial charge on any atom is -0.472 e. The van der Waals surface area contributed by atoms with Crippen molar-refractivity contribution < 1.29 is 19.1 Å². The lowest BCUT2D eigenvalue weighted by molar-refractivity contribution is -0.124. The highest BCUT2D eigenvalue weighted by Gasteiger charge is 2.28. The normalized spacial score (nSPS) is 15.4. The second-order valence-electron chi connectivity index (χ2n) is 10.8. The van der Waals surface area contributed by atoms with Gasteiger partial charge in [0, 0.05) is 23.8 Å². The molecule has 1 fully saturated rings. The predicted octanol–water partition coefficient (Wildman–Crippen LogP) is 6.91. The zero-order chi connectivity index (χ0) is 28.2. The summed E-state index contributed by atoms with van der Waals surface area (Å²) in [6.45, 7) is 4.04. The van der Waals surface area contributed by atoms with Crippen molar-refractivity contribution in [2.45, 2.75) is 58.4 Å². The van der Waals surface area contributed by atoms with Crippen LogP contribution in [-0.2, 0) is 11.3 Å². The van der Waals surface area contributed by atoms with Gasteiger partial charge in [0.25, 0.3) is 11.8 Å². The molecular formula is C32H34ClN3O4. The molecule has 5 rings (SSSR count). The van der Waals surface area contributed by atoms with Crippen molar-refractivity contribution in [2.24, 2.45) is 5.92 Å². The first-order valence-electron chi connectivity index (χ1n) is 13.9. The van der Waals surface area contributed by atoms with Gasteiger partial charge in [0.15, 0.2) is 6.73 Å². The molecule has 2 aliphatic rings. The SMILES string of the molecule is CC(C)C(=O)NCc1ccc(Cl)c(C(=O)Nc2ccc3c(c2)C(=O)N(c2ccc(C4CCCCC4)cc2)CO3)c1. The van der Waals surface area contributed by atoms with Crippen molar-refractivity contribution in [1.82, 2.24) is 5.32 Å². The number of anilines is 2. The summed E-state index contributed by atoms with van der Waals surface area (Å²) >= 11 is 6.33. The van der Waals surface area contributed by atoms with Gasteiger partial charge in [-0.3, -0.25) is 19.3 Å². The van der Waals surface area contributed by atoms with Crippen molar-refractivity contribution in [2.75, 3.05) is 16.9 Å². The molecule has 8 heteroatoms. The van der Waals surface area contributed by atoms with E-state index in [1.165, 1.54) is 37.7 Å². The summed E-state index contributed by atoms with van der Waals surface area (Å²) in [5, 5.41) is 5.97. The Hall–Kier alpha value is -3.84. The van der Waals surface area contributed by atoms with Crippen LogP contribution in [0, 0.1) is 5.92 Å². The molecule has 40 heavy (non-hydrogen) atoms. The summed E-state index contributed by atoms with van der Waals surface area (Å²) in [6.07, 6.45) is 6.30. The summed E-state index contributed by atoms with van der Waals surface area (Å²) in [4.78, 5) is 40.1. The molecule has 0 saturated heterocycles. The number of halogens is 1. The summed E-state index contributed by atoms with van der Waals surface area (Å²) in [6, 6.07) is 18.3. The van der Waals surface area contributed by atoms with Crippen LogP contribution in [0.15, 0.2) is 60.7 Å². The number of carbonyl (C=O) groups is 3. The van der Waals surface area contributed by atoms with Crippen molar-refractivity contribution in [1.29, 1.82) is 0 Å². The number of carbonyl (C=O) groups excluding carboxylic acids is 3. The van der Waals surface area contributed by atoms with E-state index in [2.05, 4.69) is 22.8 Å². The largest absolute Gasteiger partial charge is 0.472 e. The molecular weight excluding hydrogens is 526 g/mol. The zero-order valence-corrected chi connectivity index (χ0v) is 23.6. The summed E-state index contributed by atoms with van der Waals surface area (Å²) in [7, 11) is 0. The third-order valence-electron chi connectivity index (χ3n) is 7.61. The van der Waals surface area contributed by atoms with Crippen LogP contribution < -0.4 is 20.3 Å². The van der Waals surface area contributed by atoms with Crippen molar-refractivity contribution in [3.8, 4) is 5.75 Å². The Morgan fingerprint density at radius 3 is 2.48 bits per heavy atom.